The third-order valence-corrected chi connectivity index (χ3v) is 3.11. The number of rotatable bonds is 3. The Balaban J connectivity index is 2.08. The highest BCUT2D eigenvalue weighted by molar-refractivity contribution is 6.29. The Hall–Kier alpha value is -1.29. The highest BCUT2D eigenvalue weighted by Gasteiger charge is 2.19. The van der Waals surface area contributed by atoms with Crippen molar-refractivity contribution >= 4 is 29.1 Å². The van der Waals surface area contributed by atoms with Crippen LogP contribution in [0.5, 0.6) is 0 Å². The van der Waals surface area contributed by atoms with Crippen molar-refractivity contribution in [2.45, 2.75) is 13.3 Å². The third-order valence-electron chi connectivity index (χ3n) is 2.87. The Bertz CT molecular complexity index is 410. The van der Waals surface area contributed by atoms with Crippen molar-refractivity contribution in [3.05, 3.63) is 18.2 Å². The standard InChI is InChI=1S/C12H16ClN3O/c1-9-5-6-16(8-9)11-4-2-3-10(14-11)15-12(17)7-13/h2-4,9H,5-8H2,1H3,(H,14,15,17). The van der Waals surface area contributed by atoms with E-state index in [-0.39, 0.29) is 11.8 Å². The summed E-state index contributed by atoms with van der Waals surface area (Å²) in [5.74, 6) is 1.91. The predicted molar refractivity (Wildman–Crippen MR) is 69.6 cm³/mol. The number of hydrogen-bond donors (Lipinski definition) is 1. The van der Waals surface area contributed by atoms with E-state index in [0.29, 0.717) is 11.7 Å². The van der Waals surface area contributed by atoms with Crippen LogP contribution in [0.1, 0.15) is 13.3 Å². The Morgan fingerprint density at radius 2 is 2.47 bits per heavy atom. The lowest BCUT2D eigenvalue weighted by atomic mass is 10.2. The molecule has 1 N–H and O–H groups in total. The van der Waals surface area contributed by atoms with Gasteiger partial charge in [-0.1, -0.05) is 13.0 Å². The summed E-state index contributed by atoms with van der Waals surface area (Å²) in [6, 6.07) is 5.64. The summed E-state index contributed by atoms with van der Waals surface area (Å²) in [5, 5.41) is 2.66. The van der Waals surface area contributed by atoms with Gasteiger partial charge in [-0.15, -0.1) is 11.6 Å². The van der Waals surface area contributed by atoms with Crippen LogP contribution in [-0.4, -0.2) is 29.9 Å². The maximum atomic E-state index is 11.2. The Morgan fingerprint density at radius 3 is 3.12 bits per heavy atom. The van der Waals surface area contributed by atoms with E-state index >= 15 is 0 Å². The smallest absolute Gasteiger partial charge is 0.240 e. The van der Waals surface area contributed by atoms with E-state index < -0.39 is 0 Å². The minimum Gasteiger partial charge on any atom is -0.356 e. The highest BCUT2D eigenvalue weighted by Crippen LogP contribution is 2.22. The lowest BCUT2D eigenvalue weighted by Crippen LogP contribution is -2.21. The maximum Gasteiger partial charge on any atom is 0.240 e. The van der Waals surface area contributed by atoms with Crippen LogP contribution in [0.15, 0.2) is 18.2 Å². The fourth-order valence-electron chi connectivity index (χ4n) is 1.99. The number of amides is 1. The first-order valence-corrected chi connectivity index (χ1v) is 6.30. The number of carbonyl (C=O) groups excluding carboxylic acids is 1. The lowest BCUT2D eigenvalue weighted by Gasteiger charge is -2.17. The van der Waals surface area contributed by atoms with Crippen molar-refractivity contribution < 1.29 is 4.79 Å². The summed E-state index contributed by atoms with van der Waals surface area (Å²) in [6.45, 7) is 4.29. The maximum absolute atomic E-state index is 11.2. The van der Waals surface area contributed by atoms with Crippen molar-refractivity contribution in [3.63, 3.8) is 0 Å². The molecule has 17 heavy (non-hydrogen) atoms. The van der Waals surface area contributed by atoms with Gasteiger partial charge in [-0.25, -0.2) is 4.98 Å². The molecule has 1 fully saturated rings. The quantitative estimate of drug-likeness (QED) is 0.840. The second-order valence-corrected chi connectivity index (χ2v) is 4.67. The van der Waals surface area contributed by atoms with E-state index in [1.54, 1.807) is 6.07 Å². The van der Waals surface area contributed by atoms with Gasteiger partial charge in [0.15, 0.2) is 0 Å². The molecule has 0 spiro atoms. The third kappa shape index (κ3) is 3.09. The summed E-state index contributed by atoms with van der Waals surface area (Å²) in [7, 11) is 0. The number of pyridine rings is 1. The largest absolute Gasteiger partial charge is 0.356 e. The predicted octanol–water partition coefficient (Wildman–Crippen LogP) is 2.11. The topological polar surface area (TPSA) is 45.2 Å². The molecule has 2 rings (SSSR count). The molecule has 1 unspecified atom stereocenters. The van der Waals surface area contributed by atoms with Gasteiger partial charge in [0.1, 0.15) is 17.5 Å². The summed E-state index contributed by atoms with van der Waals surface area (Å²) in [5.41, 5.74) is 0. The fraction of sp³-hybridized carbons (Fsp3) is 0.500. The number of carbonyl (C=O) groups is 1. The van der Waals surface area contributed by atoms with E-state index in [1.165, 1.54) is 6.42 Å². The number of aromatic nitrogens is 1. The first-order chi connectivity index (χ1) is 8.19. The van der Waals surface area contributed by atoms with E-state index in [9.17, 15) is 4.79 Å². The Morgan fingerprint density at radius 1 is 1.65 bits per heavy atom. The Labute approximate surface area is 106 Å². The average Bonchev–Trinajstić information content (AvgIpc) is 2.76. The molecule has 0 aliphatic carbocycles. The van der Waals surface area contributed by atoms with Crippen LogP contribution in [-0.2, 0) is 4.79 Å². The van der Waals surface area contributed by atoms with E-state index in [4.69, 9.17) is 11.6 Å². The van der Waals surface area contributed by atoms with Gasteiger partial charge >= 0.3 is 0 Å². The molecule has 1 aliphatic rings. The summed E-state index contributed by atoms with van der Waals surface area (Å²) in [6.07, 6.45) is 1.19. The minimum absolute atomic E-state index is 0.0490. The lowest BCUT2D eigenvalue weighted by molar-refractivity contribution is -0.113. The molecule has 1 aliphatic heterocycles. The Kier molecular flexibility index (Phi) is 3.84. The molecule has 2 heterocycles. The van der Waals surface area contributed by atoms with Crippen molar-refractivity contribution in [2.24, 2.45) is 5.92 Å². The molecular weight excluding hydrogens is 238 g/mol. The molecule has 1 amide bonds. The average molecular weight is 254 g/mol. The zero-order chi connectivity index (χ0) is 12.3. The highest BCUT2D eigenvalue weighted by atomic mass is 35.5. The van der Waals surface area contributed by atoms with Crippen molar-refractivity contribution in [3.8, 4) is 0 Å². The number of hydrogen-bond acceptors (Lipinski definition) is 3. The zero-order valence-electron chi connectivity index (χ0n) is 9.82. The minimum atomic E-state index is -0.230. The van der Waals surface area contributed by atoms with Crippen molar-refractivity contribution in [2.75, 3.05) is 29.2 Å². The van der Waals surface area contributed by atoms with Gasteiger partial charge in [0.05, 0.1) is 0 Å². The van der Waals surface area contributed by atoms with Crippen LogP contribution in [0.4, 0.5) is 11.6 Å². The first-order valence-electron chi connectivity index (χ1n) is 5.77. The van der Waals surface area contributed by atoms with Crippen LogP contribution in [0.3, 0.4) is 0 Å². The SMILES string of the molecule is CC1CCN(c2cccc(NC(=O)CCl)n2)C1. The van der Waals surface area contributed by atoms with E-state index in [2.05, 4.69) is 22.1 Å². The molecule has 0 bridgehead atoms. The van der Waals surface area contributed by atoms with Gasteiger partial charge in [0, 0.05) is 13.1 Å². The van der Waals surface area contributed by atoms with Crippen LogP contribution >= 0.6 is 11.6 Å². The van der Waals surface area contributed by atoms with Crippen LogP contribution in [0.2, 0.25) is 0 Å². The van der Waals surface area contributed by atoms with Gasteiger partial charge in [-0.3, -0.25) is 4.79 Å². The molecule has 1 saturated heterocycles. The zero-order valence-corrected chi connectivity index (χ0v) is 10.6. The molecule has 1 atom stereocenters. The monoisotopic (exact) mass is 253 g/mol. The molecule has 0 saturated carbocycles. The first kappa shape index (κ1) is 12.2. The normalized spacial score (nSPS) is 19.4. The van der Waals surface area contributed by atoms with Gasteiger partial charge < -0.3 is 10.2 Å². The van der Waals surface area contributed by atoms with Gasteiger partial charge in [0.2, 0.25) is 5.91 Å². The summed E-state index contributed by atoms with van der Waals surface area (Å²) >= 11 is 5.44. The van der Waals surface area contributed by atoms with Crippen molar-refractivity contribution in [1.29, 1.82) is 0 Å². The van der Waals surface area contributed by atoms with Crippen LogP contribution in [0, 0.1) is 5.92 Å². The number of alkyl halides is 1. The molecule has 92 valence electrons. The molecule has 0 aromatic carbocycles. The van der Waals surface area contributed by atoms with Crippen LogP contribution < -0.4 is 10.2 Å². The number of nitrogens with one attached hydrogen (secondary N) is 1. The van der Waals surface area contributed by atoms with Gasteiger partial charge in [0.25, 0.3) is 0 Å². The van der Waals surface area contributed by atoms with Crippen LogP contribution in [0.25, 0.3) is 0 Å². The summed E-state index contributed by atoms with van der Waals surface area (Å²) in [4.78, 5) is 17.8. The molecule has 5 heteroatoms. The van der Waals surface area contributed by atoms with E-state index in [0.717, 1.165) is 18.9 Å². The fourth-order valence-corrected chi connectivity index (χ4v) is 2.06. The second kappa shape index (κ2) is 5.36. The number of anilines is 2. The number of halogens is 1. The van der Waals surface area contributed by atoms with Crippen molar-refractivity contribution in [1.82, 2.24) is 4.98 Å². The van der Waals surface area contributed by atoms with Gasteiger partial charge in [-0.05, 0) is 24.5 Å². The number of nitrogens with zero attached hydrogens (tertiary/aromatic N) is 2. The molecule has 1 aromatic heterocycles. The molecule has 4 nitrogen and oxygen atoms in total. The molecule has 0 radical (unpaired) electrons. The molecular formula is C12H16ClN3O. The molecule has 1 aromatic rings. The van der Waals surface area contributed by atoms with Gasteiger partial charge in [-0.2, -0.15) is 0 Å². The summed E-state index contributed by atoms with van der Waals surface area (Å²) < 4.78 is 0. The second-order valence-electron chi connectivity index (χ2n) is 4.40. The van der Waals surface area contributed by atoms with E-state index in [1.807, 2.05) is 12.1 Å².